The van der Waals surface area contributed by atoms with Crippen LogP contribution in [0.4, 0.5) is 0 Å². The first-order valence-electron chi connectivity index (χ1n) is 8.30. The van der Waals surface area contributed by atoms with Gasteiger partial charge < -0.3 is 9.84 Å². The van der Waals surface area contributed by atoms with E-state index in [1.807, 2.05) is 48.5 Å². The maximum atomic E-state index is 12.7. The number of thiol groups is 1. The van der Waals surface area contributed by atoms with Gasteiger partial charge in [0, 0.05) is 11.7 Å². The van der Waals surface area contributed by atoms with Crippen LogP contribution in [0.1, 0.15) is 17.0 Å². The van der Waals surface area contributed by atoms with Crippen LogP contribution >= 0.6 is 12.6 Å². The van der Waals surface area contributed by atoms with Crippen molar-refractivity contribution in [1.29, 1.82) is 0 Å². The second-order valence-corrected chi connectivity index (χ2v) is 6.86. The van der Waals surface area contributed by atoms with E-state index in [1.165, 1.54) is 19.0 Å². The summed E-state index contributed by atoms with van der Waals surface area (Å²) in [6, 6.07) is 16.0. The lowest BCUT2D eigenvalue weighted by Gasteiger charge is -2.32. The molecule has 1 atom stereocenters. The molecule has 2 aromatic rings. The Morgan fingerprint density at radius 2 is 1.58 bits per heavy atom. The van der Waals surface area contributed by atoms with Gasteiger partial charge in [-0.15, -0.1) is 0 Å². The highest BCUT2D eigenvalue weighted by molar-refractivity contribution is 7.80. The lowest BCUT2D eigenvalue weighted by atomic mass is 9.97. The number of carboxylic acids is 1. The molecule has 0 saturated heterocycles. The smallest absolute Gasteiger partial charge is 0.339 e. The molecule has 0 heterocycles. The molecule has 0 aromatic heterocycles. The molecule has 1 aliphatic carbocycles. The Labute approximate surface area is 158 Å². The number of ether oxygens (including phenoxy) is 1. The Morgan fingerprint density at radius 3 is 2.00 bits per heavy atom. The fourth-order valence-electron chi connectivity index (χ4n) is 3.45. The quantitative estimate of drug-likeness (QED) is 0.464. The van der Waals surface area contributed by atoms with Gasteiger partial charge >= 0.3 is 11.9 Å². The van der Waals surface area contributed by atoms with E-state index in [0.717, 1.165) is 22.3 Å². The fraction of sp³-hybridized carbons (Fsp3) is 0.300. The molecule has 0 spiro atoms. The number of aliphatic carboxylic acids is 1. The van der Waals surface area contributed by atoms with Gasteiger partial charge in [0.25, 0.3) is 0 Å². The van der Waals surface area contributed by atoms with Crippen LogP contribution in [-0.2, 0) is 14.3 Å². The van der Waals surface area contributed by atoms with Gasteiger partial charge in [0.1, 0.15) is 6.61 Å². The average molecular weight is 371 g/mol. The molecule has 136 valence electrons. The summed E-state index contributed by atoms with van der Waals surface area (Å²) in [5.74, 6) is -2.35. The van der Waals surface area contributed by atoms with Gasteiger partial charge in [-0.05, 0) is 36.3 Å². The molecule has 1 aliphatic rings. The molecule has 6 heteroatoms. The summed E-state index contributed by atoms with van der Waals surface area (Å²) in [6.45, 7) is 0.0868. The molecule has 0 bridgehead atoms. The van der Waals surface area contributed by atoms with Gasteiger partial charge in [-0.25, -0.2) is 9.59 Å². The van der Waals surface area contributed by atoms with Crippen molar-refractivity contribution in [1.82, 2.24) is 4.90 Å². The highest BCUT2D eigenvalue weighted by Gasteiger charge is 2.49. The molecule has 0 radical (unpaired) electrons. The molecule has 1 N–H and O–H groups in total. The number of carbonyl (C=O) groups excluding carboxylic acids is 1. The molecule has 26 heavy (non-hydrogen) atoms. The highest BCUT2D eigenvalue weighted by Crippen LogP contribution is 2.44. The Hall–Kier alpha value is -2.31. The molecule has 3 rings (SSSR count). The first-order chi connectivity index (χ1) is 12.4. The van der Waals surface area contributed by atoms with Gasteiger partial charge in [0.15, 0.2) is 0 Å². The molecular formula is C20H21NO4S. The first-order valence-corrected chi connectivity index (χ1v) is 8.94. The van der Waals surface area contributed by atoms with E-state index in [0.29, 0.717) is 0 Å². The monoisotopic (exact) mass is 371 g/mol. The minimum absolute atomic E-state index is 0.0868. The van der Waals surface area contributed by atoms with Crippen molar-refractivity contribution >= 4 is 24.6 Å². The van der Waals surface area contributed by atoms with Gasteiger partial charge in [0.2, 0.25) is 5.54 Å². The summed E-state index contributed by atoms with van der Waals surface area (Å²) in [4.78, 5) is 25.7. The van der Waals surface area contributed by atoms with Crippen LogP contribution in [0.25, 0.3) is 11.1 Å². The maximum Gasteiger partial charge on any atom is 0.339 e. The molecular weight excluding hydrogens is 350 g/mol. The number of carbonyl (C=O) groups is 2. The number of benzene rings is 2. The van der Waals surface area contributed by atoms with Gasteiger partial charge in [-0.3, -0.25) is 4.90 Å². The summed E-state index contributed by atoms with van der Waals surface area (Å²) >= 11 is 4.09. The number of hydrogen-bond donors (Lipinski definition) is 2. The standard InChI is InChI=1S/C20H21NO4S/c1-21(2)20(12-26,18(22)23)19(24)25-11-17-15-9-5-3-7-13(15)14-8-4-6-10-16(14)17/h3-10,17,26H,11-12H2,1-2H3,(H,22,23)/t20-/m0/s1. The Morgan fingerprint density at radius 1 is 1.08 bits per heavy atom. The van der Waals surface area contributed by atoms with Crippen LogP contribution in [0.3, 0.4) is 0 Å². The summed E-state index contributed by atoms with van der Waals surface area (Å²) < 4.78 is 5.51. The summed E-state index contributed by atoms with van der Waals surface area (Å²) in [5, 5.41) is 9.58. The average Bonchev–Trinajstić information content (AvgIpc) is 2.94. The van der Waals surface area contributed by atoms with E-state index in [1.54, 1.807) is 0 Å². The van der Waals surface area contributed by atoms with E-state index >= 15 is 0 Å². The molecule has 2 aromatic carbocycles. The third-order valence-corrected chi connectivity index (χ3v) is 5.49. The van der Waals surface area contributed by atoms with Crippen LogP contribution in [0.2, 0.25) is 0 Å². The zero-order valence-corrected chi connectivity index (χ0v) is 15.6. The lowest BCUT2D eigenvalue weighted by Crippen LogP contribution is -2.59. The fourth-order valence-corrected chi connectivity index (χ4v) is 4.00. The van der Waals surface area contributed by atoms with Crippen LogP contribution < -0.4 is 0 Å². The van der Waals surface area contributed by atoms with Gasteiger partial charge in [0.05, 0.1) is 0 Å². The second kappa shape index (κ2) is 7.13. The van der Waals surface area contributed by atoms with Crippen LogP contribution in [0, 0.1) is 0 Å². The van der Waals surface area contributed by atoms with Crippen molar-refractivity contribution < 1.29 is 19.4 Å². The van der Waals surface area contributed by atoms with E-state index in [-0.39, 0.29) is 18.3 Å². The van der Waals surface area contributed by atoms with E-state index in [2.05, 4.69) is 12.6 Å². The van der Waals surface area contributed by atoms with Crippen LogP contribution in [0.5, 0.6) is 0 Å². The first kappa shape index (κ1) is 18.5. The summed E-state index contributed by atoms with van der Waals surface area (Å²) in [6.07, 6.45) is 0. The number of likely N-dealkylation sites (N-methyl/N-ethyl adjacent to an activating group) is 1. The van der Waals surface area contributed by atoms with E-state index < -0.39 is 17.5 Å². The third kappa shape index (κ3) is 2.79. The molecule has 0 aliphatic heterocycles. The lowest BCUT2D eigenvalue weighted by molar-refractivity contribution is -0.168. The zero-order valence-electron chi connectivity index (χ0n) is 14.7. The van der Waals surface area contributed by atoms with E-state index in [9.17, 15) is 14.7 Å². The van der Waals surface area contributed by atoms with Crippen molar-refractivity contribution in [2.24, 2.45) is 0 Å². The summed E-state index contributed by atoms with van der Waals surface area (Å²) in [5.41, 5.74) is 2.60. The topological polar surface area (TPSA) is 66.8 Å². The molecule has 0 amide bonds. The van der Waals surface area contributed by atoms with Crippen molar-refractivity contribution in [2.45, 2.75) is 11.5 Å². The minimum Gasteiger partial charge on any atom is -0.479 e. The maximum absolute atomic E-state index is 12.7. The third-order valence-electron chi connectivity index (χ3n) is 5.03. The van der Waals surface area contributed by atoms with Crippen LogP contribution in [0.15, 0.2) is 48.5 Å². The van der Waals surface area contributed by atoms with Crippen LogP contribution in [-0.4, -0.2) is 53.9 Å². The zero-order chi connectivity index (χ0) is 18.9. The number of hydrogen-bond acceptors (Lipinski definition) is 5. The van der Waals surface area contributed by atoms with Crippen molar-refractivity contribution in [2.75, 3.05) is 26.5 Å². The molecule has 0 saturated carbocycles. The molecule has 0 fully saturated rings. The SMILES string of the molecule is CN(C)[C@@](CS)(C(=O)O)C(=O)OCC1c2ccccc2-c2ccccc21. The number of fused-ring (bicyclic) bond motifs is 3. The molecule has 5 nitrogen and oxygen atoms in total. The minimum atomic E-state index is -1.80. The number of rotatable bonds is 6. The number of carboxylic acid groups (broad SMARTS) is 1. The predicted molar refractivity (Wildman–Crippen MR) is 103 cm³/mol. The Balaban J connectivity index is 1.88. The Kier molecular flexibility index (Phi) is 5.07. The predicted octanol–water partition coefficient (Wildman–Crippen LogP) is 2.66. The number of nitrogens with zero attached hydrogens (tertiary/aromatic N) is 1. The second-order valence-electron chi connectivity index (χ2n) is 6.54. The normalized spacial score (nSPS) is 15.2. The Bertz CT molecular complexity index is 806. The van der Waals surface area contributed by atoms with Gasteiger partial charge in [-0.2, -0.15) is 12.6 Å². The molecule has 0 unspecified atom stereocenters. The largest absolute Gasteiger partial charge is 0.479 e. The van der Waals surface area contributed by atoms with Crippen molar-refractivity contribution in [3.63, 3.8) is 0 Å². The van der Waals surface area contributed by atoms with Crippen molar-refractivity contribution in [3.05, 3.63) is 59.7 Å². The van der Waals surface area contributed by atoms with E-state index in [4.69, 9.17) is 4.74 Å². The number of esters is 1. The summed E-state index contributed by atoms with van der Waals surface area (Å²) in [7, 11) is 3.07. The highest BCUT2D eigenvalue weighted by atomic mass is 32.1. The van der Waals surface area contributed by atoms with Crippen molar-refractivity contribution in [3.8, 4) is 11.1 Å². The van der Waals surface area contributed by atoms with Gasteiger partial charge in [-0.1, -0.05) is 48.5 Å².